The van der Waals surface area contributed by atoms with Gasteiger partial charge in [0, 0.05) is 13.1 Å². The van der Waals surface area contributed by atoms with Crippen molar-refractivity contribution in [3.63, 3.8) is 0 Å². The molecular weight excluding hydrogens is 362 g/mol. The molecule has 1 amide bonds. The molecule has 0 fully saturated rings. The number of amides is 1. The monoisotopic (exact) mass is 413 g/mol. The van der Waals surface area contributed by atoms with Crippen LogP contribution in [0.3, 0.4) is 0 Å². The zero-order chi connectivity index (χ0) is 20.7. The Balaban J connectivity index is 3.38. The van der Waals surface area contributed by atoms with Gasteiger partial charge in [-0.2, -0.15) is 0 Å². The average molecular weight is 414 g/mol. The highest BCUT2D eigenvalue weighted by atomic mass is 32.1. The lowest BCUT2D eigenvalue weighted by Gasteiger charge is -2.20. The van der Waals surface area contributed by atoms with E-state index in [0.717, 1.165) is 25.9 Å². The Bertz CT molecular complexity index is 322. The van der Waals surface area contributed by atoms with Crippen LogP contribution < -0.4 is 0 Å². The molecule has 0 radical (unpaired) electrons. The van der Waals surface area contributed by atoms with Crippen LogP contribution in [-0.2, 0) is 0 Å². The van der Waals surface area contributed by atoms with E-state index in [-0.39, 0.29) is 5.24 Å². The van der Waals surface area contributed by atoms with Gasteiger partial charge in [0.05, 0.1) is 0 Å². The van der Waals surface area contributed by atoms with Crippen LogP contribution in [0.2, 0.25) is 0 Å². The number of thiol groups is 1. The number of hydrogen-bond donors (Lipinski definition) is 1. The second kappa shape index (κ2) is 23.1. The predicted octanol–water partition coefficient (Wildman–Crippen LogP) is 9.18. The van der Waals surface area contributed by atoms with Gasteiger partial charge in [-0.3, -0.25) is 4.79 Å². The van der Waals surface area contributed by atoms with E-state index >= 15 is 0 Å². The van der Waals surface area contributed by atoms with Gasteiger partial charge in [-0.25, -0.2) is 0 Å². The topological polar surface area (TPSA) is 20.3 Å². The molecule has 3 heteroatoms. The Labute approximate surface area is 183 Å². The van der Waals surface area contributed by atoms with E-state index in [9.17, 15) is 4.79 Å². The van der Waals surface area contributed by atoms with Crippen LogP contribution in [0.25, 0.3) is 0 Å². The molecular formula is C25H51NOS. The first kappa shape index (κ1) is 27.8. The van der Waals surface area contributed by atoms with Crippen molar-refractivity contribution in [2.75, 3.05) is 13.1 Å². The normalized spacial score (nSPS) is 11.1. The summed E-state index contributed by atoms with van der Waals surface area (Å²) in [5, 5.41) is -0.0387. The first-order valence-electron chi connectivity index (χ1n) is 12.7. The Morgan fingerprint density at radius 1 is 0.500 bits per heavy atom. The maximum atomic E-state index is 11.7. The summed E-state index contributed by atoms with van der Waals surface area (Å²) in [6.07, 6.45) is 26.9. The maximum absolute atomic E-state index is 11.7. The van der Waals surface area contributed by atoms with Crippen molar-refractivity contribution in [3.05, 3.63) is 0 Å². The van der Waals surface area contributed by atoms with E-state index in [1.807, 2.05) is 4.90 Å². The first-order chi connectivity index (χ1) is 13.7. The zero-order valence-corrected chi connectivity index (χ0v) is 20.3. The summed E-state index contributed by atoms with van der Waals surface area (Å²) in [6, 6.07) is 0. The molecule has 0 aliphatic heterocycles. The molecule has 0 aliphatic rings. The van der Waals surface area contributed by atoms with Gasteiger partial charge in [-0.05, 0) is 12.8 Å². The maximum Gasteiger partial charge on any atom is 0.278 e. The Hall–Kier alpha value is -0.180. The molecule has 0 heterocycles. The molecule has 0 rings (SSSR count). The molecule has 0 aromatic heterocycles. The summed E-state index contributed by atoms with van der Waals surface area (Å²) >= 11 is 4.06. The zero-order valence-electron chi connectivity index (χ0n) is 19.4. The SMILES string of the molecule is CCCCCCCCCCCCCCCCN(CCCCCCCC)C(=O)S. The van der Waals surface area contributed by atoms with Crippen molar-refractivity contribution in [1.82, 2.24) is 4.90 Å². The van der Waals surface area contributed by atoms with Gasteiger partial charge in [0.2, 0.25) is 0 Å². The van der Waals surface area contributed by atoms with Crippen LogP contribution >= 0.6 is 12.6 Å². The van der Waals surface area contributed by atoms with E-state index in [1.54, 1.807) is 0 Å². The summed E-state index contributed by atoms with van der Waals surface area (Å²) in [7, 11) is 0. The molecule has 28 heavy (non-hydrogen) atoms. The summed E-state index contributed by atoms with van der Waals surface area (Å²) in [5.74, 6) is 0. The summed E-state index contributed by atoms with van der Waals surface area (Å²) < 4.78 is 0. The first-order valence-corrected chi connectivity index (χ1v) is 13.1. The highest BCUT2D eigenvalue weighted by molar-refractivity contribution is 7.96. The van der Waals surface area contributed by atoms with E-state index < -0.39 is 0 Å². The lowest BCUT2D eigenvalue weighted by Crippen LogP contribution is -2.28. The molecule has 0 bridgehead atoms. The highest BCUT2D eigenvalue weighted by Gasteiger charge is 2.08. The van der Waals surface area contributed by atoms with Gasteiger partial charge in [0.25, 0.3) is 5.24 Å². The van der Waals surface area contributed by atoms with E-state index in [4.69, 9.17) is 0 Å². The molecule has 0 aromatic rings. The fourth-order valence-electron chi connectivity index (χ4n) is 3.88. The Morgan fingerprint density at radius 3 is 1.00 bits per heavy atom. The molecule has 168 valence electrons. The quantitative estimate of drug-likeness (QED) is 0.138. The molecule has 0 saturated heterocycles. The lowest BCUT2D eigenvalue weighted by molar-refractivity contribution is 0.220. The number of hydrogen-bond acceptors (Lipinski definition) is 1. The second-order valence-electron chi connectivity index (χ2n) is 8.63. The molecule has 0 spiro atoms. The van der Waals surface area contributed by atoms with Crippen molar-refractivity contribution in [2.45, 2.75) is 142 Å². The fourth-order valence-corrected chi connectivity index (χ4v) is 4.08. The predicted molar refractivity (Wildman–Crippen MR) is 130 cm³/mol. The van der Waals surface area contributed by atoms with Crippen molar-refractivity contribution in [3.8, 4) is 0 Å². The van der Waals surface area contributed by atoms with Crippen LogP contribution in [0.15, 0.2) is 0 Å². The van der Waals surface area contributed by atoms with E-state index in [1.165, 1.54) is 116 Å². The van der Waals surface area contributed by atoms with Crippen LogP contribution in [0.4, 0.5) is 4.79 Å². The van der Waals surface area contributed by atoms with Gasteiger partial charge >= 0.3 is 0 Å². The Morgan fingerprint density at radius 2 is 0.750 bits per heavy atom. The van der Waals surface area contributed by atoms with Crippen molar-refractivity contribution in [1.29, 1.82) is 0 Å². The van der Waals surface area contributed by atoms with Gasteiger partial charge < -0.3 is 4.90 Å². The number of carbonyl (C=O) groups excluding carboxylic acids is 1. The molecule has 0 saturated carbocycles. The van der Waals surface area contributed by atoms with Gasteiger partial charge in [-0.15, -0.1) is 0 Å². The molecule has 0 atom stereocenters. The molecule has 0 unspecified atom stereocenters. The molecule has 0 N–H and O–H groups in total. The van der Waals surface area contributed by atoms with Crippen LogP contribution in [0, 0.1) is 0 Å². The smallest absolute Gasteiger partial charge is 0.278 e. The van der Waals surface area contributed by atoms with Crippen LogP contribution in [0.1, 0.15) is 142 Å². The third kappa shape index (κ3) is 20.6. The minimum Gasteiger partial charge on any atom is -0.334 e. The second-order valence-corrected chi connectivity index (χ2v) is 9.02. The van der Waals surface area contributed by atoms with E-state index in [0.29, 0.717) is 0 Å². The molecule has 0 aromatic carbocycles. The minimum absolute atomic E-state index is 0.0387. The van der Waals surface area contributed by atoms with Crippen LogP contribution in [0.5, 0.6) is 0 Å². The van der Waals surface area contributed by atoms with Gasteiger partial charge in [-0.1, -0.05) is 142 Å². The fraction of sp³-hybridized carbons (Fsp3) is 0.960. The van der Waals surface area contributed by atoms with Crippen LogP contribution in [-0.4, -0.2) is 23.2 Å². The number of nitrogens with zero attached hydrogens (tertiary/aromatic N) is 1. The summed E-state index contributed by atoms with van der Waals surface area (Å²) in [6.45, 7) is 6.33. The third-order valence-corrected chi connectivity index (χ3v) is 6.12. The largest absolute Gasteiger partial charge is 0.334 e. The van der Waals surface area contributed by atoms with E-state index in [2.05, 4.69) is 26.5 Å². The van der Waals surface area contributed by atoms with Crippen molar-refractivity contribution >= 4 is 17.9 Å². The minimum atomic E-state index is -0.0387. The third-order valence-electron chi connectivity index (χ3n) is 5.83. The molecule has 2 nitrogen and oxygen atoms in total. The number of unbranched alkanes of at least 4 members (excludes halogenated alkanes) is 18. The van der Waals surface area contributed by atoms with Crippen molar-refractivity contribution in [2.24, 2.45) is 0 Å². The highest BCUT2D eigenvalue weighted by Crippen LogP contribution is 2.14. The average Bonchev–Trinajstić information content (AvgIpc) is 2.68. The van der Waals surface area contributed by atoms with Gasteiger partial charge in [0.15, 0.2) is 0 Å². The summed E-state index contributed by atoms with van der Waals surface area (Å²) in [4.78, 5) is 13.6. The Kier molecular flexibility index (Phi) is 23.0. The number of rotatable bonds is 22. The van der Waals surface area contributed by atoms with Crippen molar-refractivity contribution < 1.29 is 4.79 Å². The molecule has 0 aliphatic carbocycles. The standard InChI is InChI=1S/C25H51NOS/c1-3-5-7-9-11-12-13-14-15-16-17-18-20-22-24-26(25(27)28)23-21-19-10-8-6-4-2/h3-24H2,1-2H3,(H,27,28). The summed E-state index contributed by atoms with van der Waals surface area (Å²) in [5.41, 5.74) is 0. The lowest BCUT2D eigenvalue weighted by atomic mass is 10.0. The number of carbonyl (C=O) groups is 1. The van der Waals surface area contributed by atoms with Gasteiger partial charge in [0.1, 0.15) is 0 Å².